The van der Waals surface area contributed by atoms with Gasteiger partial charge in [-0.1, -0.05) is 51.2 Å². The second-order valence-corrected chi connectivity index (χ2v) is 11.4. The summed E-state index contributed by atoms with van der Waals surface area (Å²) in [5, 5.41) is 8.38. The van der Waals surface area contributed by atoms with Gasteiger partial charge in [0.2, 0.25) is 5.91 Å². The van der Waals surface area contributed by atoms with Crippen LogP contribution in [0.5, 0.6) is 0 Å². The van der Waals surface area contributed by atoms with E-state index in [-0.39, 0.29) is 75.3 Å². The molecule has 0 aromatic rings. The number of nitrogens with one attached hydrogen (secondary N) is 3. The first-order valence-corrected chi connectivity index (χ1v) is 17.7. The second kappa shape index (κ2) is 31.8. The number of guanidine groups is 4. The van der Waals surface area contributed by atoms with Gasteiger partial charge in [-0.15, -0.1) is 0 Å². The normalized spacial score (nSPS) is 12.6. The zero-order valence-electron chi connectivity index (χ0n) is 30.6. The average Bonchev–Trinajstić information content (AvgIpc) is 3.08. The highest BCUT2D eigenvalue weighted by atomic mass is 16.5. The predicted octanol–water partition coefficient (Wildman–Crippen LogP) is 0.836. The van der Waals surface area contributed by atoms with Crippen molar-refractivity contribution in [1.82, 2.24) is 20.9 Å². The smallest absolute Gasteiger partial charge is 0.305 e. The number of aliphatic imine (C=N–C) groups is 4. The third-order valence-corrected chi connectivity index (χ3v) is 7.05. The molecule has 0 aliphatic rings. The van der Waals surface area contributed by atoms with Gasteiger partial charge in [-0.25, -0.2) is 9.98 Å². The van der Waals surface area contributed by atoms with Crippen LogP contribution in [0.1, 0.15) is 90.4 Å². The fourth-order valence-electron chi connectivity index (χ4n) is 4.35. The molecule has 0 atom stereocenters. The Balaban J connectivity index is 4.28. The van der Waals surface area contributed by atoms with Crippen molar-refractivity contribution in [2.45, 2.75) is 90.4 Å². The number of nitrogens with zero attached hydrogens (tertiary/aromatic N) is 5. The maximum absolute atomic E-state index is 12.8. The van der Waals surface area contributed by atoms with E-state index in [1.54, 1.807) is 0 Å². The number of unbranched alkanes of at least 4 members (excludes halogenated alkanes) is 6. The van der Waals surface area contributed by atoms with Crippen LogP contribution in [0.4, 0.5) is 0 Å². The molecule has 17 heteroatoms. The van der Waals surface area contributed by atoms with E-state index in [1.807, 2.05) is 18.0 Å². The summed E-state index contributed by atoms with van der Waals surface area (Å²) < 4.78 is 10.2. The van der Waals surface area contributed by atoms with Gasteiger partial charge in [0.25, 0.3) is 0 Å². The summed E-state index contributed by atoms with van der Waals surface area (Å²) in [6.45, 7) is 5.03. The van der Waals surface area contributed by atoms with Gasteiger partial charge >= 0.3 is 11.9 Å². The monoisotopic (exact) mass is 709 g/mol. The Morgan fingerprint density at radius 3 is 1.80 bits per heavy atom. The molecule has 1 amide bonds. The van der Waals surface area contributed by atoms with Crippen LogP contribution in [0.15, 0.2) is 32.1 Å². The van der Waals surface area contributed by atoms with Crippen molar-refractivity contribution in [3.8, 4) is 0 Å². The lowest BCUT2D eigenvalue weighted by Gasteiger charge is -2.22. The molecular formula is C33H64N12O5. The quantitative estimate of drug-likeness (QED) is 0.0206. The van der Waals surface area contributed by atoms with Crippen LogP contribution in [-0.2, 0) is 23.9 Å². The van der Waals surface area contributed by atoms with E-state index in [9.17, 15) is 14.4 Å². The van der Waals surface area contributed by atoms with E-state index >= 15 is 0 Å². The van der Waals surface area contributed by atoms with Crippen LogP contribution >= 0.6 is 0 Å². The number of carbonyl (C=O) groups is 3. The van der Waals surface area contributed by atoms with Crippen molar-refractivity contribution in [2.75, 3.05) is 66.6 Å². The molecule has 11 N–H and O–H groups in total. The molecule has 0 heterocycles. The minimum Gasteiger partial charge on any atom is -0.464 e. The predicted molar refractivity (Wildman–Crippen MR) is 201 cm³/mol. The summed E-state index contributed by atoms with van der Waals surface area (Å²) in [5.74, 6) is -0.519. The molecule has 0 spiro atoms. The number of rotatable bonds is 27. The highest BCUT2D eigenvalue weighted by Crippen LogP contribution is 2.08. The summed E-state index contributed by atoms with van der Waals surface area (Å²) >= 11 is 0. The Bertz CT molecular complexity index is 1100. The molecule has 0 aromatic carbocycles. The fourth-order valence-corrected chi connectivity index (χ4v) is 4.35. The van der Waals surface area contributed by atoms with Gasteiger partial charge in [0.1, 0.15) is 13.2 Å². The number of carbonyl (C=O) groups excluding carboxylic acids is 3. The van der Waals surface area contributed by atoms with Crippen LogP contribution in [0.2, 0.25) is 0 Å². The van der Waals surface area contributed by atoms with Crippen molar-refractivity contribution in [3.05, 3.63) is 12.2 Å². The first kappa shape index (κ1) is 45.6. The number of nitrogens with two attached hydrogens (primary N) is 4. The highest BCUT2D eigenvalue weighted by molar-refractivity contribution is 5.97. The van der Waals surface area contributed by atoms with Crippen molar-refractivity contribution in [1.29, 1.82) is 0 Å². The van der Waals surface area contributed by atoms with E-state index in [2.05, 4.69) is 48.9 Å². The maximum Gasteiger partial charge on any atom is 0.305 e. The standard InChI is InChI=1S/C33H64N12O5/c1-4-5-6-7-8-9-10-11-12-16-27(46)45(23-14-19-38-2)24-15-20-40-31(35)44-33(37)42-22-26-50-29(48)18-13-17-28(47)49-25-21-41-32(36)43-30(34)39-3/h11-12,38H,4-10,13-26H2,1-3H3,(H5,34,36,39,41,43)(H5,35,37,40,42,44)/b12-11-. The van der Waals surface area contributed by atoms with Gasteiger partial charge in [-0.05, 0) is 45.7 Å². The van der Waals surface area contributed by atoms with Gasteiger partial charge in [0, 0.05) is 45.9 Å². The molecule has 0 rings (SSSR count). The van der Waals surface area contributed by atoms with E-state index in [0.29, 0.717) is 32.5 Å². The van der Waals surface area contributed by atoms with Crippen LogP contribution in [0.25, 0.3) is 0 Å². The number of esters is 2. The first-order chi connectivity index (χ1) is 24.1. The number of hydrogen-bond acceptors (Lipinski definition) is 10. The summed E-state index contributed by atoms with van der Waals surface area (Å²) in [6.07, 6.45) is 15.0. The van der Waals surface area contributed by atoms with Crippen LogP contribution in [0, 0.1) is 0 Å². The van der Waals surface area contributed by atoms with Crippen molar-refractivity contribution in [3.63, 3.8) is 0 Å². The molecule has 0 aliphatic carbocycles. The Kier molecular flexibility index (Phi) is 29.0. The molecule has 0 fully saturated rings. The molecule has 0 radical (unpaired) electrons. The van der Waals surface area contributed by atoms with E-state index in [0.717, 1.165) is 19.4 Å². The van der Waals surface area contributed by atoms with Crippen molar-refractivity contribution in [2.24, 2.45) is 42.9 Å². The summed E-state index contributed by atoms with van der Waals surface area (Å²) in [6, 6.07) is 0. The Morgan fingerprint density at radius 2 is 1.22 bits per heavy atom. The first-order valence-electron chi connectivity index (χ1n) is 17.7. The Hall–Kier alpha value is -4.41. The molecule has 286 valence electrons. The van der Waals surface area contributed by atoms with Crippen LogP contribution < -0.4 is 38.9 Å². The molecule has 0 aromatic heterocycles. The van der Waals surface area contributed by atoms with Crippen LogP contribution in [0.3, 0.4) is 0 Å². The summed E-state index contributed by atoms with van der Waals surface area (Å²) in [7, 11) is 3.39. The average molecular weight is 709 g/mol. The summed E-state index contributed by atoms with van der Waals surface area (Å²) in [4.78, 5) is 54.4. The minimum atomic E-state index is -0.470. The van der Waals surface area contributed by atoms with E-state index in [4.69, 9.17) is 32.4 Å². The number of allylic oxidation sites excluding steroid dienone is 1. The largest absolute Gasteiger partial charge is 0.464 e. The molecular weight excluding hydrogens is 644 g/mol. The van der Waals surface area contributed by atoms with Gasteiger partial charge < -0.3 is 42.6 Å². The Labute approximate surface area is 298 Å². The maximum atomic E-state index is 12.8. The lowest BCUT2D eigenvalue weighted by Crippen LogP contribution is -2.42. The topological polar surface area (TPSA) is 263 Å². The Morgan fingerprint density at radius 1 is 0.680 bits per heavy atom. The third-order valence-electron chi connectivity index (χ3n) is 7.05. The molecule has 0 unspecified atom stereocenters. The van der Waals surface area contributed by atoms with Gasteiger partial charge in [0.05, 0.1) is 13.1 Å². The van der Waals surface area contributed by atoms with Crippen molar-refractivity contribution >= 4 is 41.7 Å². The molecule has 0 saturated heterocycles. The van der Waals surface area contributed by atoms with Gasteiger partial charge in [0.15, 0.2) is 23.8 Å². The van der Waals surface area contributed by atoms with Gasteiger partial charge in [-0.3, -0.25) is 35.0 Å². The zero-order valence-corrected chi connectivity index (χ0v) is 30.6. The number of ether oxygens (including phenoxy) is 2. The third kappa shape index (κ3) is 28.6. The fraction of sp³-hybridized carbons (Fsp3) is 0.727. The SMILES string of the molecule is CCCCCCCC/C=C\CC(=O)N(CCCN=C(N)NC(N)=NCCOC(=O)CCCC(=O)OCCN=C(N)NC(N)=NC)CCCNC. The zero-order chi connectivity index (χ0) is 37.2. The highest BCUT2D eigenvalue weighted by Gasteiger charge is 2.11. The lowest BCUT2D eigenvalue weighted by atomic mass is 10.1. The number of amides is 1. The molecule has 0 saturated carbocycles. The second-order valence-electron chi connectivity index (χ2n) is 11.4. The summed E-state index contributed by atoms with van der Waals surface area (Å²) in [5.41, 5.74) is 22.8. The molecule has 0 aliphatic heterocycles. The van der Waals surface area contributed by atoms with Crippen LogP contribution in [-0.4, -0.2) is 113 Å². The van der Waals surface area contributed by atoms with Crippen molar-refractivity contribution < 1.29 is 23.9 Å². The van der Waals surface area contributed by atoms with E-state index < -0.39 is 11.9 Å². The molecule has 0 bridgehead atoms. The van der Waals surface area contributed by atoms with E-state index in [1.165, 1.54) is 45.6 Å². The van der Waals surface area contributed by atoms with Gasteiger partial charge in [-0.2, -0.15) is 0 Å². The minimum absolute atomic E-state index is 0.00900. The number of hydrogen-bond donors (Lipinski definition) is 7. The lowest BCUT2D eigenvalue weighted by molar-refractivity contribution is -0.145. The molecule has 17 nitrogen and oxygen atoms in total. The molecule has 50 heavy (non-hydrogen) atoms.